The van der Waals surface area contributed by atoms with Gasteiger partial charge in [0.2, 0.25) is 5.91 Å². The average Bonchev–Trinajstić information content (AvgIpc) is 2.74. The molecule has 18 heavy (non-hydrogen) atoms. The molecular weight excluding hydrogens is 222 g/mol. The van der Waals surface area contributed by atoms with Gasteiger partial charge >= 0.3 is 0 Å². The van der Waals surface area contributed by atoms with Gasteiger partial charge in [-0.05, 0) is 46.5 Å². The van der Waals surface area contributed by atoms with Crippen molar-refractivity contribution in [3.05, 3.63) is 12.2 Å². The third-order valence-corrected chi connectivity index (χ3v) is 3.62. The molecule has 1 saturated carbocycles. The fourth-order valence-corrected chi connectivity index (χ4v) is 2.73. The first-order valence-corrected chi connectivity index (χ1v) is 7.35. The quantitative estimate of drug-likeness (QED) is 0.733. The van der Waals surface area contributed by atoms with Crippen molar-refractivity contribution in [2.24, 2.45) is 11.8 Å². The third kappa shape index (κ3) is 5.70. The summed E-state index contributed by atoms with van der Waals surface area (Å²) in [5.41, 5.74) is -0.124. The van der Waals surface area contributed by atoms with E-state index in [1.807, 2.05) is 33.8 Å². The molecule has 104 valence electrons. The highest BCUT2D eigenvalue weighted by Gasteiger charge is 2.26. The normalized spacial score (nSPS) is 19.3. The van der Waals surface area contributed by atoms with Gasteiger partial charge in [-0.3, -0.25) is 4.79 Å². The summed E-state index contributed by atoms with van der Waals surface area (Å²) in [6.45, 7) is 8.17. The molecule has 0 aromatic heterocycles. The van der Waals surface area contributed by atoms with Gasteiger partial charge in [-0.1, -0.05) is 37.8 Å². The molecule has 1 amide bonds. The zero-order valence-electron chi connectivity index (χ0n) is 12.5. The Balaban J connectivity index is 2.55. The van der Waals surface area contributed by atoms with Crippen molar-refractivity contribution in [2.75, 3.05) is 0 Å². The van der Waals surface area contributed by atoms with Crippen LogP contribution in [-0.4, -0.2) is 11.4 Å². The molecular formula is C16H29NO. The van der Waals surface area contributed by atoms with Crippen LogP contribution in [0.3, 0.4) is 0 Å². The predicted octanol–water partition coefficient (Wildman–Crippen LogP) is 4.06. The van der Waals surface area contributed by atoms with Crippen LogP contribution in [0.15, 0.2) is 12.2 Å². The summed E-state index contributed by atoms with van der Waals surface area (Å²) in [6.07, 6.45) is 11.4. The molecule has 1 atom stereocenters. The van der Waals surface area contributed by atoms with Crippen LogP contribution in [0.1, 0.15) is 66.2 Å². The molecule has 1 unspecified atom stereocenters. The van der Waals surface area contributed by atoms with E-state index in [0.29, 0.717) is 0 Å². The summed E-state index contributed by atoms with van der Waals surface area (Å²) in [5, 5.41) is 3.13. The molecule has 1 rings (SSSR count). The minimum absolute atomic E-state index is 0.124. The Labute approximate surface area is 112 Å². The van der Waals surface area contributed by atoms with Gasteiger partial charge in [-0.25, -0.2) is 0 Å². The van der Waals surface area contributed by atoms with Crippen molar-refractivity contribution in [1.82, 2.24) is 5.32 Å². The molecule has 1 aliphatic carbocycles. The van der Waals surface area contributed by atoms with E-state index in [4.69, 9.17) is 0 Å². The van der Waals surface area contributed by atoms with Gasteiger partial charge < -0.3 is 5.32 Å². The van der Waals surface area contributed by atoms with Crippen LogP contribution in [0.4, 0.5) is 0 Å². The van der Waals surface area contributed by atoms with Gasteiger partial charge in [0.1, 0.15) is 0 Å². The molecule has 2 nitrogen and oxygen atoms in total. The highest BCUT2D eigenvalue weighted by Crippen LogP contribution is 2.31. The SMILES string of the molecule is C/C=C/CC(CC1CCCC1)C(=O)NC(C)(C)C. The topological polar surface area (TPSA) is 29.1 Å². The Hall–Kier alpha value is -0.790. The Kier molecular flexibility index (Phi) is 5.90. The minimum Gasteiger partial charge on any atom is -0.351 e. The number of carbonyl (C=O) groups is 1. The Morgan fingerprint density at radius 3 is 2.44 bits per heavy atom. The van der Waals surface area contributed by atoms with Crippen molar-refractivity contribution in [3.8, 4) is 0 Å². The lowest BCUT2D eigenvalue weighted by atomic mass is 9.89. The van der Waals surface area contributed by atoms with Gasteiger partial charge in [-0.15, -0.1) is 0 Å². The maximum absolute atomic E-state index is 12.3. The number of amides is 1. The van der Waals surface area contributed by atoms with E-state index < -0.39 is 0 Å². The summed E-state index contributed by atoms with van der Waals surface area (Å²) in [5.74, 6) is 1.15. The number of allylic oxidation sites excluding steroid dienone is 2. The van der Waals surface area contributed by atoms with Gasteiger partial charge in [0, 0.05) is 11.5 Å². The zero-order chi connectivity index (χ0) is 13.6. The molecule has 1 aliphatic rings. The Morgan fingerprint density at radius 2 is 1.94 bits per heavy atom. The zero-order valence-corrected chi connectivity index (χ0v) is 12.5. The molecule has 0 aliphatic heterocycles. The van der Waals surface area contributed by atoms with Crippen LogP contribution >= 0.6 is 0 Å². The number of nitrogens with one attached hydrogen (secondary N) is 1. The van der Waals surface area contributed by atoms with Crippen molar-refractivity contribution >= 4 is 5.91 Å². The van der Waals surface area contributed by atoms with E-state index in [0.717, 1.165) is 18.8 Å². The highest BCUT2D eigenvalue weighted by molar-refractivity contribution is 5.79. The molecule has 0 radical (unpaired) electrons. The standard InChI is InChI=1S/C16H29NO/c1-5-6-11-14(12-13-9-7-8-10-13)15(18)17-16(2,3)4/h5-6,13-14H,7-12H2,1-4H3,(H,17,18)/b6-5+. The number of hydrogen-bond donors (Lipinski definition) is 1. The van der Waals surface area contributed by atoms with E-state index in [-0.39, 0.29) is 17.4 Å². The van der Waals surface area contributed by atoms with Crippen molar-refractivity contribution < 1.29 is 4.79 Å². The maximum atomic E-state index is 12.3. The second-order valence-electron chi connectivity index (χ2n) is 6.63. The van der Waals surface area contributed by atoms with Gasteiger partial charge in [0.15, 0.2) is 0 Å². The fourth-order valence-electron chi connectivity index (χ4n) is 2.73. The summed E-state index contributed by atoms with van der Waals surface area (Å²) in [4.78, 5) is 12.3. The van der Waals surface area contributed by atoms with E-state index in [1.54, 1.807) is 0 Å². The summed E-state index contributed by atoms with van der Waals surface area (Å²) in [6, 6.07) is 0. The Morgan fingerprint density at radius 1 is 1.33 bits per heavy atom. The lowest BCUT2D eigenvalue weighted by Gasteiger charge is -2.26. The molecule has 0 aromatic rings. The molecule has 2 heteroatoms. The van der Waals surface area contributed by atoms with E-state index in [2.05, 4.69) is 11.4 Å². The van der Waals surface area contributed by atoms with Gasteiger partial charge in [0.25, 0.3) is 0 Å². The maximum Gasteiger partial charge on any atom is 0.223 e. The first kappa shape index (κ1) is 15.3. The van der Waals surface area contributed by atoms with Crippen LogP contribution in [0.5, 0.6) is 0 Å². The molecule has 1 N–H and O–H groups in total. The predicted molar refractivity (Wildman–Crippen MR) is 77.4 cm³/mol. The van der Waals surface area contributed by atoms with E-state index in [1.165, 1.54) is 25.7 Å². The highest BCUT2D eigenvalue weighted by atomic mass is 16.2. The van der Waals surface area contributed by atoms with E-state index >= 15 is 0 Å². The summed E-state index contributed by atoms with van der Waals surface area (Å²) < 4.78 is 0. The first-order valence-electron chi connectivity index (χ1n) is 7.35. The van der Waals surface area contributed by atoms with Crippen LogP contribution in [-0.2, 0) is 4.79 Å². The monoisotopic (exact) mass is 251 g/mol. The lowest BCUT2D eigenvalue weighted by molar-refractivity contribution is -0.126. The van der Waals surface area contributed by atoms with Crippen LogP contribution < -0.4 is 5.32 Å². The van der Waals surface area contributed by atoms with Crippen molar-refractivity contribution in [1.29, 1.82) is 0 Å². The second-order valence-corrected chi connectivity index (χ2v) is 6.63. The third-order valence-electron chi connectivity index (χ3n) is 3.62. The van der Waals surface area contributed by atoms with Crippen LogP contribution in [0.25, 0.3) is 0 Å². The molecule has 1 fully saturated rings. The largest absolute Gasteiger partial charge is 0.351 e. The Bertz CT molecular complexity index is 282. The molecule has 0 aromatic carbocycles. The summed E-state index contributed by atoms with van der Waals surface area (Å²) >= 11 is 0. The fraction of sp³-hybridized carbons (Fsp3) is 0.812. The smallest absolute Gasteiger partial charge is 0.223 e. The second kappa shape index (κ2) is 6.96. The number of carbonyl (C=O) groups excluding carboxylic acids is 1. The number of hydrogen-bond acceptors (Lipinski definition) is 1. The van der Waals surface area contributed by atoms with Crippen molar-refractivity contribution in [2.45, 2.75) is 71.8 Å². The minimum atomic E-state index is -0.124. The lowest BCUT2D eigenvalue weighted by Crippen LogP contribution is -2.44. The van der Waals surface area contributed by atoms with Crippen LogP contribution in [0, 0.1) is 11.8 Å². The average molecular weight is 251 g/mol. The van der Waals surface area contributed by atoms with E-state index in [9.17, 15) is 4.79 Å². The molecule has 0 spiro atoms. The van der Waals surface area contributed by atoms with Gasteiger partial charge in [0.05, 0.1) is 0 Å². The molecule has 0 heterocycles. The van der Waals surface area contributed by atoms with Gasteiger partial charge in [-0.2, -0.15) is 0 Å². The molecule has 0 saturated heterocycles. The van der Waals surface area contributed by atoms with Crippen molar-refractivity contribution in [3.63, 3.8) is 0 Å². The first-order chi connectivity index (χ1) is 8.42. The van der Waals surface area contributed by atoms with Crippen LogP contribution in [0.2, 0.25) is 0 Å². The number of rotatable bonds is 5. The summed E-state index contributed by atoms with van der Waals surface area (Å²) in [7, 11) is 0. The molecule has 0 bridgehead atoms.